The van der Waals surface area contributed by atoms with Crippen LogP contribution in [0, 0.1) is 0 Å². The Hall–Kier alpha value is -0.620. The second kappa shape index (κ2) is 3.63. The minimum absolute atomic E-state index is 0.0610. The van der Waals surface area contributed by atoms with Crippen molar-refractivity contribution >= 4 is 15.7 Å². The molecule has 1 aliphatic rings. The fraction of sp³-hybridized carbons (Fsp3) is 0.857. The Kier molecular flexibility index (Phi) is 2.92. The first-order chi connectivity index (χ1) is 5.92. The molecule has 0 aliphatic carbocycles. The average Bonchev–Trinajstić information content (AvgIpc) is 2.03. The Morgan fingerprint density at radius 1 is 1.38 bits per heavy atom. The summed E-state index contributed by atoms with van der Waals surface area (Å²) in [6.07, 6.45) is 0. The third-order valence-electron chi connectivity index (χ3n) is 2.05. The van der Waals surface area contributed by atoms with Crippen molar-refractivity contribution in [3.63, 3.8) is 0 Å². The number of sulfone groups is 1. The molecule has 1 atom stereocenters. The molecule has 2 N–H and O–H groups in total. The van der Waals surface area contributed by atoms with Crippen LogP contribution >= 0.6 is 0 Å². The van der Waals surface area contributed by atoms with E-state index in [2.05, 4.69) is 0 Å². The highest BCUT2D eigenvalue weighted by molar-refractivity contribution is 7.91. The standard InChI is InChI=1S/C7H14N2O3S/c1-6(8)7(10)9-2-4-13(11,12)5-3-9/h6H,2-5,8H2,1H3/t6-/m0/s1. The van der Waals surface area contributed by atoms with E-state index in [-0.39, 0.29) is 30.5 Å². The van der Waals surface area contributed by atoms with Gasteiger partial charge in [0, 0.05) is 13.1 Å². The van der Waals surface area contributed by atoms with Gasteiger partial charge in [-0.25, -0.2) is 8.42 Å². The van der Waals surface area contributed by atoms with Gasteiger partial charge in [0.15, 0.2) is 9.84 Å². The van der Waals surface area contributed by atoms with Crippen molar-refractivity contribution in [2.24, 2.45) is 5.73 Å². The van der Waals surface area contributed by atoms with Gasteiger partial charge in [-0.2, -0.15) is 0 Å². The highest BCUT2D eigenvalue weighted by Crippen LogP contribution is 2.04. The molecule has 76 valence electrons. The van der Waals surface area contributed by atoms with Crippen molar-refractivity contribution in [1.29, 1.82) is 0 Å². The summed E-state index contributed by atoms with van der Waals surface area (Å²) in [5.41, 5.74) is 5.39. The van der Waals surface area contributed by atoms with Crippen LogP contribution in [0.2, 0.25) is 0 Å². The Bertz CT molecular complexity index is 283. The van der Waals surface area contributed by atoms with Gasteiger partial charge >= 0.3 is 0 Å². The number of carbonyl (C=O) groups excluding carboxylic acids is 1. The lowest BCUT2D eigenvalue weighted by Gasteiger charge is -2.27. The third kappa shape index (κ3) is 2.67. The zero-order valence-corrected chi connectivity index (χ0v) is 8.38. The Labute approximate surface area is 77.8 Å². The number of hydrogen-bond donors (Lipinski definition) is 1. The van der Waals surface area contributed by atoms with Gasteiger partial charge in [-0.15, -0.1) is 0 Å². The van der Waals surface area contributed by atoms with E-state index in [0.717, 1.165) is 0 Å². The molecule has 0 radical (unpaired) electrons. The smallest absolute Gasteiger partial charge is 0.239 e. The van der Waals surface area contributed by atoms with Gasteiger partial charge < -0.3 is 10.6 Å². The predicted octanol–water partition coefficient (Wildman–Crippen LogP) is -1.41. The SMILES string of the molecule is C[C@H](N)C(=O)N1CCS(=O)(=O)CC1. The zero-order chi connectivity index (χ0) is 10.1. The van der Waals surface area contributed by atoms with Gasteiger partial charge in [0.2, 0.25) is 5.91 Å². The van der Waals surface area contributed by atoms with Crippen LogP contribution in [0.4, 0.5) is 0 Å². The Morgan fingerprint density at radius 2 is 1.85 bits per heavy atom. The average molecular weight is 206 g/mol. The van der Waals surface area contributed by atoms with E-state index in [1.54, 1.807) is 6.92 Å². The summed E-state index contributed by atoms with van der Waals surface area (Å²) in [5.74, 6) is -0.0494. The monoisotopic (exact) mass is 206 g/mol. The van der Waals surface area contributed by atoms with Gasteiger partial charge in [-0.1, -0.05) is 0 Å². The summed E-state index contributed by atoms with van der Waals surface area (Å²) in [7, 11) is -2.91. The van der Waals surface area contributed by atoms with Crippen LogP contribution in [0.25, 0.3) is 0 Å². The van der Waals surface area contributed by atoms with Crippen LogP contribution in [0.15, 0.2) is 0 Å². The van der Waals surface area contributed by atoms with Crippen LogP contribution in [-0.2, 0) is 14.6 Å². The van der Waals surface area contributed by atoms with Crippen LogP contribution in [0.1, 0.15) is 6.92 Å². The molecule has 1 saturated heterocycles. The van der Waals surface area contributed by atoms with E-state index >= 15 is 0 Å². The van der Waals surface area contributed by atoms with Crippen LogP contribution in [0.5, 0.6) is 0 Å². The molecule has 0 aromatic rings. The highest BCUT2D eigenvalue weighted by Gasteiger charge is 2.26. The molecule has 1 aliphatic heterocycles. The summed E-state index contributed by atoms with van der Waals surface area (Å²) >= 11 is 0. The molecular weight excluding hydrogens is 192 g/mol. The molecule has 13 heavy (non-hydrogen) atoms. The summed E-state index contributed by atoms with van der Waals surface area (Å²) in [5, 5.41) is 0. The minimum Gasteiger partial charge on any atom is -0.339 e. The number of rotatable bonds is 1. The molecule has 0 aromatic carbocycles. The number of nitrogens with two attached hydrogens (primary N) is 1. The fourth-order valence-corrected chi connectivity index (χ4v) is 2.42. The number of nitrogens with zero attached hydrogens (tertiary/aromatic N) is 1. The van der Waals surface area contributed by atoms with Gasteiger partial charge in [0.1, 0.15) is 0 Å². The molecule has 1 rings (SSSR count). The molecule has 6 heteroatoms. The molecule has 1 fully saturated rings. The molecule has 0 bridgehead atoms. The minimum atomic E-state index is -2.91. The van der Waals surface area contributed by atoms with Crippen LogP contribution in [-0.4, -0.2) is 49.9 Å². The van der Waals surface area contributed by atoms with Gasteiger partial charge in [-0.3, -0.25) is 4.79 Å². The fourth-order valence-electron chi connectivity index (χ4n) is 1.22. The van der Waals surface area contributed by atoms with Crippen LogP contribution < -0.4 is 5.73 Å². The molecule has 5 nitrogen and oxygen atoms in total. The van der Waals surface area contributed by atoms with E-state index in [4.69, 9.17) is 5.73 Å². The lowest BCUT2D eigenvalue weighted by Crippen LogP contribution is -2.49. The van der Waals surface area contributed by atoms with E-state index in [1.807, 2.05) is 0 Å². The second-order valence-corrected chi connectivity index (χ2v) is 5.57. The maximum absolute atomic E-state index is 11.3. The van der Waals surface area contributed by atoms with Crippen molar-refractivity contribution in [2.75, 3.05) is 24.6 Å². The summed E-state index contributed by atoms with van der Waals surface area (Å²) < 4.78 is 22.0. The lowest BCUT2D eigenvalue weighted by atomic mass is 10.3. The number of carbonyl (C=O) groups is 1. The molecule has 0 spiro atoms. The Morgan fingerprint density at radius 3 is 2.23 bits per heavy atom. The quantitative estimate of drug-likeness (QED) is 0.571. The molecular formula is C7H14N2O3S. The number of amides is 1. The summed E-state index contributed by atoms with van der Waals surface area (Å²) in [4.78, 5) is 12.8. The molecule has 0 unspecified atom stereocenters. The maximum atomic E-state index is 11.3. The van der Waals surface area contributed by atoms with Crippen molar-refractivity contribution in [3.8, 4) is 0 Å². The van der Waals surface area contributed by atoms with Gasteiger partial charge in [-0.05, 0) is 6.92 Å². The van der Waals surface area contributed by atoms with Crippen molar-refractivity contribution in [2.45, 2.75) is 13.0 Å². The van der Waals surface area contributed by atoms with Crippen molar-refractivity contribution in [1.82, 2.24) is 4.90 Å². The molecule has 1 heterocycles. The maximum Gasteiger partial charge on any atom is 0.239 e. The highest BCUT2D eigenvalue weighted by atomic mass is 32.2. The van der Waals surface area contributed by atoms with E-state index in [9.17, 15) is 13.2 Å². The first kappa shape index (κ1) is 10.5. The Balaban J connectivity index is 2.55. The van der Waals surface area contributed by atoms with Crippen molar-refractivity contribution in [3.05, 3.63) is 0 Å². The summed E-state index contributed by atoms with van der Waals surface area (Å²) in [6, 6.07) is -0.541. The topological polar surface area (TPSA) is 80.5 Å². The first-order valence-electron chi connectivity index (χ1n) is 4.17. The van der Waals surface area contributed by atoms with Crippen molar-refractivity contribution < 1.29 is 13.2 Å². The lowest BCUT2D eigenvalue weighted by molar-refractivity contribution is -0.131. The predicted molar refractivity (Wildman–Crippen MR) is 48.9 cm³/mol. The molecule has 0 aromatic heterocycles. The largest absolute Gasteiger partial charge is 0.339 e. The van der Waals surface area contributed by atoms with E-state index < -0.39 is 15.9 Å². The van der Waals surface area contributed by atoms with Gasteiger partial charge in [0.05, 0.1) is 17.5 Å². The molecule has 1 amide bonds. The second-order valence-electron chi connectivity index (χ2n) is 3.27. The zero-order valence-electron chi connectivity index (χ0n) is 7.56. The van der Waals surface area contributed by atoms with Gasteiger partial charge in [0.25, 0.3) is 0 Å². The van der Waals surface area contributed by atoms with E-state index in [0.29, 0.717) is 0 Å². The van der Waals surface area contributed by atoms with Crippen LogP contribution in [0.3, 0.4) is 0 Å². The normalized spacial score (nSPS) is 24.0. The van der Waals surface area contributed by atoms with E-state index in [1.165, 1.54) is 4.90 Å². The molecule has 0 saturated carbocycles. The summed E-state index contributed by atoms with van der Waals surface area (Å²) in [6.45, 7) is 2.16. The number of hydrogen-bond acceptors (Lipinski definition) is 4. The third-order valence-corrected chi connectivity index (χ3v) is 3.65. The first-order valence-corrected chi connectivity index (χ1v) is 5.99.